The van der Waals surface area contributed by atoms with Crippen molar-refractivity contribution in [2.45, 2.75) is 11.8 Å². The molecule has 4 rings (SSSR count). The zero-order valence-electron chi connectivity index (χ0n) is 17.4. The van der Waals surface area contributed by atoms with Gasteiger partial charge >= 0.3 is 0 Å². The fourth-order valence-corrected chi connectivity index (χ4v) is 5.50. The van der Waals surface area contributed by atoms with Gasteiger partial charge in [-0.2, -0.15) is 0 Å². The molecule has 6 nitrogen and oxygen atoms in total. The van der Waals surface area contributed by atoms with Gasteiger partial charge in [-0.3, -0.25) is 4.99 Å². The van der Waals surface area contributed by atoms with Crippen molar-refractivity contribution in [2.24, 2.45) is 4.99 Å². The molecule has 0 aliphatic rings. The van der Waals surface area contributed by atoms with E-state index in [1.54, 1.807) is 31.3 Å². The smallest absolute Gasteiger partial charge is 0.240 e. The summed E-state index contributed by atoms with van der Waals surface area (Å²) in [4.78, 5) is 12.7. The van der Waals surface area contributed by atoms with Gasteiger partial charge in [0.1, 0.15) is 5.52 Å². The molecule has 10 heteroatoms. The van der Waals surface area contributed by atoms with Crippen LogP contribution in [0.3, 0.4) is 0 Å². The molecule has 0 unspecified atom stereocenters. The van der Waals surface area contributed by atoms with E-state index >= 15 is 0 Å². The van der Waals surface area contributed by atoms with Crippen molar-refractivity contribution in [2.75, 3.05) is 13.1 Å². The minimum atomic E-state index is -3.71. The average Bonchev–Trinajstić information content (AvgIpc) is 3.01. The summed E-state index contributed by atoms with van der Waals surface area (Å²) < 4.78 is 28.8. The first-order valence-corrected chi connectivity index (χ1v) is 13.0. The van der Waals surface area contributed by atoms with Gasteiger partial charge in [0.25, 0.3) is 0 Å². The number of H-pyrrole nitrogens is 1. The van der Waals surface area contributed by atoms with Gasteiger partial charge in [0, 0.05) is 28.4 Å². The van der Waals surface area contributed by atoms with Gasteiger partial charge in [-0.25, -0.2) is 18.1 Å². The van der Waals surface area contributed by atoms with Crippen molar-refractivity contribution in [3.8, 4) is 11.3 Å². The maximum atomic E-state index is 12.7. The normalized spacial score (nSPS) is 12.4. The molecule has 170 valence electrons. The first kappa shape index (κ1) is 23.9. The molecule has 0 atom stereocenters. The van der Waals surface area contributed by atoms with E-state index in [1.807, 2.05) is 30.3 Å². The largest absolute Gasteiger partial charge is 0.359 e. The van der Waals surface area contributed by atoms with Crippen molar-refractivity contribution < 1.29 is 8.42 Å². The van der Waals surface area contributed by atoms with Gasteiger partial charge in [-0.15, -0.1) is 0 Å². The lowest BCUT2D eigenvalue weighted by Gasteiger charge is -2.09. The van der Waals surface area contributed by atoms with E-state index in [4.69, 9.17) is 28.2 Å². The van der Waals surface area contributed by atoms with Crippen LogP contribution >= 0.6 is 39.1 Å². The fraction of sp³-hybridized carbons (Fsp3) is 0.130. The molecule has 33 heavy (non-hydrogen) atoms. The van der Waals surface area contributed by atoms with E-state index in [9.17, 15) is 8.42 Å². The molecule has 2 heterocycles. The van der Waals surface area contributed by atoms with E-state index < -0.39 is 10.0 Å². The van der Waals surface area contributed by atoms with Crippen LogP contribution in [0.25, 0.3) is 22.3 Å². The Morgan fingerprint density at radius 2 is 1.85 bits per heavy atom. The number of rotatable bonds is 6. The number of fused-ring (bicyclic) bond motifs is 1. The number of benzene rings is 2. The summed E-state index contributed by atoms with van der Waals surface area (Å²) in [5, 5.41) is 1.62. The molecule has 0 radical (unpaired) electrons. The third kappa shape index (κ3) is 5.31. The zero-order chi connectivity index (χ0) is 23.6. The Balaban J connectivity index is 1.65. The highest BCUT2D eigenvalue weighted by atomic mass is 79.9. The summed E-state index contributed by atoms with van der Waals surface area (Å²) in [6.07, 6.45) is 1.80. The molecule has 2 aromatic carbocycles. The first-order chi connectivity index (χ1) is 15.8. The summed E-state index contributed by atoms with van der Waals surface area (Å²) in [5.41, 5.74) is 3.47. The van der Waals surface area contributed by atoms with Gasteiger partial charge < -0.3 is 4.98 Å². The molecule has 0 fully saturated rings. The number of halogens is 3. The van der Waals surface area contributed by atoms with Crippen LogP contribution in [-0.2, 0) is 10.0 Å². The van der Waals surface area contributed by atoms with Crippen LogP contribution < -0.4 is 10.1 Å². The second-order valence-corrected chi connectivity index (χ2v) is 10.6. The molecule has 2 N–H and O–H groups in total. The Hall–Kier alpha value is -2.23. The molecule has 4 aromatic rings. The van der Waals surface area contributed by atoms with Gasteiger partial charge in [-0.05, 0) is 58.7 Å². The van der Waals surface area contributed by atoms with Crippen LogP contribution in [0.4, 0.5) is 0 Å². The van der Waals surface area contributed by atoms with Gasteiger partial charge in [0.15, 0.2) is 0 Å². The second-order valence-electron chi connectivity index (χ2n) is 7.23. The van der Waals surface area contributed by atoms with Crippen molar-refractivity contribution in [3.05, 3.63) is 86.2 Å². The average molecular weight is 566 g/mol. The Kier molecular flexibility index (Phi) is 7.21. The molecule has 0 bridgehead atoms. The predicted molar refractivity (Wildman–Crippen MR) is 136 cm³/mol. The van der Waals surface area contributed by atoms with Crippen molar-refractivity contribution >= 4 is 60.2 Å². The molecule has 2 aromatic heterocycles. The van der Waals surface area contributed by atoms with Crippen LogP contribution in [0.15, 0.2) is 75.2 Å². The van der Waals surface area contributed by atoms with E-state index in [2.05, 4.69) is 30.6 Å². The SMILES string of the molecule is Cc1c(Cl)cccc1S(=O)(=O)NCCN=c1cc(-c2ccccc2Cl)nc2c(Br)c[nH]c2c1. The summed E-state index contributed by atoms with van der Waals surface area (Å²) in [6, 6.07) is 15.9. The number of aromatic amines is 1. The Morgan fingerprint density at radius 1 is 1.09 bits per heavy atom. The minimum absolute atomic E-state index is 0.124. The highest BCUT2D eigenvalue weighted by Crippen LogP contribution is 2.28. The van der Waals surface area contributed by atoms with Crippen LogP contribution in [0.5, 0.6) is 0 Å². The van der Waals surface area contributed by atoms with Crippen LogP contribution in [-0.4, -0.2) is 31.5 Å². The number of sulfonamides is 1. The van der Waals surface area contributed by atoms with Crippen molar-refractivity contribution in [1.82, 2.24) is 14.7 Å². The Bertz CT molecular complexity index is 1520. The van der Waals surface area contributed by atoms with Crippen LogP contribution in [0, 0.1) is 6.92 Å². The maximum Gasteiger partial charge on any atom is 0.240 e. The molecular weight excluding hydrogens is 547 g/mol. The standard InChI is InChI=1S/C23H19BrCl2N4O2S/c1-14-18(25)7-4-8-22(14)33(31,32)29-10-9-27-15-11-20(16-5-2-3-6-19(16)26)30-23-17(24)13-28-21(23)12-15/h2-8,11-13,28-29H,9-10H2,1H3. The monoisotopic (exact) mass is 564 g/mol. The van der Waals surface area contributed by atoms with Crippen LogP contribution in [0.1, 0.15) is 5.56 Å². The lowest BCUT2D eigenvalue weighted by Crippen LogP contribution is -2.27. The quantitative estimate of drug-likeness (QED) is 0.303. The molecule has 0 saturated carbocycles. The predicted octanol–water partition coefficient (Wildman–Crippen LogP) is 5.49. The van der Waals surface area contributed by atoms with Gasteiger partial charge in [0.05, 0.1) is 32.5 Å². The summed E-state index contributed by atoms with van der Waals surface area (Å²) in [7, 11) is -3.71. The summed E-state index contributed by atoms with van der Waals surface area (Å²) in [6.45, 7) is 2.03. The molecule has 0 aliphatic heterocycles. The van der Waals surface area contributed by atoms with E-state index in [1.165, 1.54) is 6.07 Å². The summed E-state index contributed by atoms with van der Waals surface area (Å²) in [5.74, 6) is 0. The minimum Gasteiger partial charge on any atom is -0.359 e. The third-order valence-corrected chi connectivity index (χ3v) is 7.95. The van der Waals surface area contributed by atoms with E-state index in [-0.39, 0.29) is 18.0 Å². The number of nitrogens with one attached hydrogen (secondary N) is 2. The molecular formula is C23H19BrCl2N4O2S. The number of nitrogens with zero attached hydrogens (tertiary/aromatic N) is 2. The molecule has 0 aliphatic carbocycles. The topological polar surface area (TPSA) is 87.2 Å². The maximum absolute atomic E-state index is 12.7. The summed E-state index contributed by atoms with van der Waals surface area (Å²) >= 11 is 16.0. The fourth-order valence-electron chi connectivity index (χ4n) is 3.33. The second kappa shape index (κ2) is 9.95. The van der Waals surface area contributed by atoms with E-state index in [0.29, 0.717) is 26.7 Å². The highest BCUT2D eigenvalue weighted by molar-refractivity contribution is 9.10. The number of aromatic nitrogens is 2. The number of hydrogen-bond donors (Lipinski definition) is 2. The van der Waals surface area contributed by atoms with Gasteiger partial charge in [-0.1, -0.05) is 47.5 Å². The van der Waals surface area contributed by atoms with Crippen LogP contribution in [0.2, 0.25) is 10.0 Å². The Labute approximate surface area is 209 Å². The lowest BCUT2D eigenvalue weighted by molar-refractivity contribution is 0.581. The van der Waals surface area contributed by atoms with Crippen molar-refractivity contribution in [3.63, 3.8) is 0 Å². The Morgan fingerprint density at radius 3 is 2.64 bits per heavy atom. The molecule has 0 amide bonds. The number of hydrogen-bond acceptors (Lipinski definition) is 4. The zero-order valence-corrected chi connectivity index (χ0v) is 21.4. The third-order valence-electron chi connectivity index (χ3n) is 5.00. The molecule has 0 spiro atoms. The van der Waals surface area contributed by atoms with Gasteiger partial charge in [0.2, 0.25) is 10.0 Å². The first-order valence-electron chi connectivity index (χ1n) is 9.95. The lowest BCUT2D eigenvalue weighted by atomic mass is 10.1. The highest BCUT2D eigenvalue weighted by Gasteiger charge is 2.17. The van der Waals surface area contributed by atoms with Crippen molar-refractivity contribution in [1.29, 1.82) is 0 Å². The van der Waals surface area contributed by atoms with E-state index in [0.717, 1.165) is 21.1 Å². The molecule has 0 saturated heterocycles.